The molecule has 0 heterocycles. The second kappa shape index (κ2) is 9.95. The van der Waals surface area contributed by atoms with Crippen molar-refractivity contribution < 1.29 is 0 Å². The summed E-state index contributed by atoms with van der Waals surface area (Å²) in [5.41, 5.74) is 0. The first-order valence-electron chi connectivity index (χ1n) is 3.97. The highest BCUT2D eigenvalue weighted by molar-refractivity contribution is 14.1. The van der Waals surface area contributed by atoms with Crippen LogP contribution in [0.2, 0.25) is 0 Å². The molecular formula is C10H15I. The van der Waals surface area contributed by atoms with Gasteiger partial charge >= 0.3 is 0 Å². The van der Waals surface area contributed by atoms with Gasteiger partial charge in [-0.15, -0.1) is 0 Å². The quantitative estimate of drug-likeness (QED) is 0.560. The number of halogens is 1. The Morgan fingerprint density at radius 2 is 1.27 bits per heavy atom. The number of rotatable bonds is 2. The van der Waals surface area contributed by atoms with Gasteiger partial charge < -0.3 is 0 Å². The summed E-state index contributed by atoms with van der Waals surface area (Å²) in [5.74, 6) is 0. The Labute approximate surface area is 83.2 Å². The van der Waals surface area contributed by atoms with E-state index in [4.69, 9.17) is 0 Å². The Morgan fingerprint density at radius 3 is 1.36 bits per heavy atom. The average molecular weight is 262 g/mol. The van der Waals surface area contributed by atoms with Gasteiger partial charge in [-0.25, -0.2) is 0 Å². The van der Waals surface area contributed by atoms with E-state index in [0.717, 1.165) is 0 Å². The molecule has 0 aromatic heterocycles. The average Bonchev–Trinajstić information content (AvgIpc) is 2.10. The monoisotopic (exact) mass is 262 g/mol. The molecule has 0 nitrogen and oxygen atoms in total. The zero-order valence-electron chi connectivity index (χ0n) is 6.96. The van der Waals surface area contributed by atoms with Crippen LogP contribution >= 0.6 is 22.6 Å². The molecule has 1 rings (SSSR count). The minimum Gasteiger partial charge on any atom is -0.0864 e. The topological polar surface area (TPSA) is 0 Å². The van der Waals surface area contributed by atoms with E-state index >= 15 is 0 Å². The minimum atomic E-state index is 1.31. The van der Waals surface area contributed by atoms with Crippen molar-refractivity contribution in [3.63, 3.8) is 0 Å². The molecule has 0 spiro atoms. The fraction of sp³-hybridized carbons (Fsp3) is 0.400. The summed E-state index contributed by atoms with van der Waals surface area (Å²) in [5, 5.41) is 0. The van der Waals surface area contributed by atoms with Gasteiger partial charge in [0.1, 0.15) is 0 Å². The Morgan fingerprint density at radius 1 is 0.909 bits per heavy atom. The lowest BCUT2D eigenvalue weighted by atomic mass is 10.4. The van der Waals surface area contributed by atoms with Crippen molar-refractivity contribution in [1.29, 1.82) is 0 Å². The van der Waals surface area contributed by atoms with Gasteiger partial charge in [0.15, 0.2) is 0 Å². The van der Waals surface area contributed by atoms with Crippen LogP contribution in [0.4, 0.5) is 0 Å². The van der Waals surface area contributed by atoms with Crippen molar-refractivity contribution in [2.24, 2.45) is 0 Å². The number of benzene rings is 1. The third-order valence-corrected chi connectivity index (χ3v) is 1.92. The molecule has 0 amide bonds. The van der Waals surface area contributed by atoms with Crippen molar-refractivity contribution in [3.8, 4) is 0 Å². The van der Waals surface area contributed by atoms with Gasteiger partial charge in [0.25, 0.3) is 0 Å². The van der Waals surface area contributed by atoms with Gasteiger partial charge in [0, 0.05) is 0 Å². The van der Waals surface area contributed by atoms with E-state index in [9.17, 15) is 0 Å². The van der Waals surface area contributed by atoms with E-state index in [1.165, 1.54) is 17.3 Å². The van der Waals surface area contributed by atoms with Gasteiger partial charge in [-0.3, -0.25) is 0 Å². The fourth-order valence-electron chi connectivity index (χ4n) is 0.519. The van der Waals surface area contributed by atoms with Crippen LogP contribution < -0.4 is 0 Å². The Bertz CT molecular complexity index is 108. The Hall–Kier alpha value is -0.0500. The Kier molecular flexibility index (Phi) is 9.90. The summed E-state index contributed by atoms with van der Waals surface area (Å²) in [6.45, 7) is 2.21. The van der Waals surface area contributed by atoms with Gasteiger partial charge in [-0.2, -0.15) is 0 Å². The van der Waals surface area contributed by atoms with E-state index in [1.807, 2.05) is 36.4 Å². The highest BCUT2D eigenvalue weighted by atomic mass is 127. The smallest absolute Gasteiger partial charge is 0.000483 e. The van der Waals surface area contributed by atoms with Crippen LogP contribution in [0.5, 0.6) is 0 Å². The molecule has 0 N–H and O–H groups in total. The van der Waals surface area contributed by atoms with Crippen LogP contribution in [-0.4, -0.2) is 4.43 Å². The van der Waals surface area contributed by atoms with Crippen molar-refractivity contribution >= 4 is 22.6 Å². The van der Waals surface area contributed by atoms with Crippen molar-refractivity contribution in [3.05, 3.63) is 36.4 Å². The maximum atomic E-state index is 2.39. The fourth-order valence-corrected chi connectivity index (χ4v) is 1.28. The number of unbranched alkanes of at least 4 members (excludes halogenated alkanes) is 1. The number of hydrogen-bond donors (Lipinski definition) is 0. The molecule has 1 aromatic carbocycles. The molecule has 0 aliphatic heterocycles. The molecule has 11 heavy (non-hydrogen) atoms. The van der Waals surface area contributed by atoms with Crippen LogP contribution in [0.1, 0.15) is 19.8 Å². The molecule has 0 aliphatic rings. The lowest BCUT2D eigenvalue weighted by molar-refractivity contribution is 0.907. The molecule has 0 fully saturated rings. The summed E-state index contributed by atoms with van der Waals surface area (Å²) < 4.78 is 1.31. The molecule has 0 saturated heterocycles. The lowest BCUT2D eigenvalue weighted by Crippen LogP contribution is -1.64. The van der Waals surface area contributed by atoms with Crippen molar-refractivity contribution in [1.82, 2.24) is 0 Å². The van der Waals surface area contributed by atoms with E-state index in [0.29, 0.717) is 0 Å². The predicted octanol–water partition coefficient (Wildman–Crippen LogP) is 3.91. The number of alkyl halides is 1. The normalized spacial score (nSPS) is 8.18. The molecule has 0 saturated carbocycles. The maximum Gasteiger partial charge on any atom is -0.000483 e. The van der Waals surface area contributed by atoms with E-state index < -0.39 is 0 Å². The lowest BCUT2D eigenvalue weighted by Gasteiger charge is -1.77. The first-order chi connectivity index (χ1) is 5.41. The highest BCUT2D eigenvalue weighted by Gasteiger charge is 1.69. The molecule has 0 unspecified atom stereocenters. The summed E-state index contributed by atoms with van der Waals surface area (Å²) in [6.07, 6.45) is 2.71. The summed E-state index contributed by atoms with van der Waals surface area (Å²) in [6, 6.07) is 12.0. The van der Waals surface area contributed by atoms with Crippen LogP contribution in [0.25, 0.3) is 0 Å². The van der Waals surface area contributed by atoms with E-state index in [2.05, 4.69) is 29.5 Å². The third kappa shape index (κ3) is 9.95. The van der Waals surface area contributed by atoms with Gasteiger partial charge in [0.2, 0.25) is 0 Å². The SMILES string of the molecule is CCCCI.c1ccccc1. The van der Waals surface area contributed by atoms with E-state index in [-0.39, 0.29) is 0 Å². The van der Waals surface area contributed by atoms with Gasteiger partial charge in [-0.1, -0.05) is 72.3 Å². The molecule has 1 aromatic rings. The van der Waals surface area contributed by atoms with Crippen molar-refractivity contribution in [2.75, 3.05) is 4.43 Å². The van der Waals surface area contributed by atoms with Crippen LogP contribution in [0.3, 0.4) is 0 Å². The third-order valence-electron chi connectivity index (χ3n) is 1.15. The number of hydrogen-bond acceptors (Lipinski definition) is 0. The highest BCUT2D eigenvalue weighted by Crippen LogP contribution is 1.90. The molecule has 1 heteroatoms. The second-order valence-corrected chi connectivity index (χ2v) is 3.28. The van der Waals surface area contributed by atoms with Gasteiger partial charge in [-0.05, 0) is 10.8 Å². The van der Waals surface area contributed by atoms with Crippen molar-refractivity contribution in [2.45, 2.75) is 19.8 Å². The molecular weight excluding hydrogens is 247 g/mol. The Balaban J connectivity index is 0.000000187. The molecule has 0 atom stereocenters. The molecule has 0 radical (unpaired) electrons. The zero-order valence-corrected chi connectivity index (χ0v) is 9.12. The summed E-state index contributed by atoms with van der Waals surface area (Å²) in [7, 11) is 0. The standard InChI is InChI=1S/C6H6.C4H9I/c1-2-4-6-5-3-1;1-2-3-4-5/h1-6H;2-4H2,1H3. The van der Waals surface area contributed by atoms with Gasteiger partial charge in [0.05, 0.1) is 0 Å². The minimum absolute atomic E-state index is 1.31. The molecule has 0 aliphatic carbocycles. The van der Waals surface area contributed by atoms with E-state index in [1.54, 1.807) is 0 Å². The first-order valence-corrected chi connectivity index (χ1v) is 5.50. The molecule has 0 bridgehead atoms. The molecule has 62 valence electrons. The zero-order chi connectivity index (χ0) is 8.36. The van der Waals surface area contributed by atoms with Crippen LogP contribution in [0, 0.1) is 0 Å². The summed E-state index contributed by atoms with van der Waals surface area (Å²) >= 11 is 2.39. The first kappa shape index (κ1) is 11.0. The summed E-state index contributed by atoms with van der Waals surface area (Å²) in [4.78, 5) is 0. The predicted molar refractivity (Wildman–Crippen MR) is 60.2 cm³/mol. The van der Waals surface area contributed by atoms with Crippen LogP contribution in [0.15, 0.2) is 36.4 Å². The second-order valence-electron chi connectivity index (χ2n) is 2.20. The largest absolute Gasteiger partial charge is 0.0864 e. The maximum absolute atomic E-state index is 2.39. The van der Waals surface area contributed by atoms with Crippen LogP contribution in [-0.2, 0) is 0 Å².